The fourth-order valence-corrected chi connectivity index (χ4v) is 4.72. The molecule has 1 aromatic carbocycles. The molecule has 0 radical (unpaired) electrons. The number of hydrogen-bond donors (Lipinski definition) is 0. The summed E-state index contributed by atoms with van der Waals surface area (Å²) in [7, 11) is 0. The van der Waals surface area contributed by atoms with Crippen LogP contribution in [-0.2, 0) is 19.5 Å². The first kappa shape index (κ1) is 17.6. The molecule has 0 N–H and O–H groups in total. The zero-order valence-corrected chi connectivity index (χ0v) is 15.8. The van der Waals surface area contributed by atoms with Crippen LogP contribution >= 0.6 is 11.8 Å². The highest BCUT2D eigenvalue weighted by Gasteiger charge is 2.31. The second-order valence-electron chi connectivity index (χ2n) is 6.93. The number of fused-ring (bicyclic) bond motifs is 1. The van der Waals surface area contributed by atoms with E-state index in [-0.39, 0.29) is 11.7 Å². The molecule has 2 aliphatic rings. The number of benzene rings is 1. The number of nitrogens with zero attached hydrogens (tertiary/aromatic N) is 2. The van der Waals surface area contributed by atoms with Crippen LogP contribution in [0.5, 0.6) is 0 Å². The molecular formula is C20H23FN2O2S. The van der Waals surface area contributed by atoms with Crippen molar-refractivity contribution in [2.75, 3.05) is 31.1 Å². The quantitative estimate of drug-likeness (QED) is 0.824. The van der Waals surface area contributed by atoms with Gasteiger partial charge in [-0.25, -0.2) is 4.39 Å². The van der Waals surface area contributed by atoms with Crippen LogP contribution in [0.3, 0.4) is 0 Å². The molecular weight excluding hydrogens is 351 g/mol. The van der Waals surface area contributed by atoms with Crippen molar-refractivity contribution in [3.05, 3.63) is 58.3 Å². The third-order valence-electron chi connectivity index (χ3n) is 5.11. The van der Waals surface area contributed by atoms with Crippen LogP contribution in [-0.4, -0.2) is 46.8 Å². The molecule has 0 unspecified atom stereocenters. The van der Waals surface area contributed by atoms with Gasteiger partial charge in [0.15, 0.2) is 0 Å². The first-order valence-electron chi connectivity index (χ1n) is 9.07. The number of rotatable bonds is 3. The van der Waals surface area contributed by atoms with Gasteiger partial charge in [0.1, 0.15) is 17.3 Å². The lowest BCUT2D eigenvalue weighted by atomic mass is 10.0. The number of thioether (sulfide) groups is 1. The van der Waals surface area contributed by atoms with Gasteiger partial charge in [-0.05, 0) is 24.6 Å². The topological polar surface area (TPSA) is 36.7 Å². The number of carbonyl (C=O) groups is 1. The van der Waals surface area contributed by atoms with Gasteiger partial charge >= 0.3 is 0 Å². The Kier molecular flexibility index (Phi) is 5.05. The maximum Gasteiger partial charge on any atom is 0.257 e. The molecule has 4 nitrogen and oxygen atoms in total. The lowest BCUT2D eigenvalue weighted by Crippen LogP contribution is -2.39. The largest absolute Gasteiger partial charge is 0.465 e. The van der Waals surface area contributed by atoms with Gasteiger partial charge in [0.25, 0.3) is 5.91 Å². The van der Waals surface area contributed by atoms with Crippen molar-refractivity contribution in [3.8, 4) is 0 Å². The number of amides is 1. The molecule has 26 heavy (non-hydrogen) atoms. The van der Waals surface area contributed by atoms with Gasteiger partial charge in [-0.15, -0.1) is 0 Å². The number of carbonyl (C=O) groups excluding carboxylic acids is 1. The van der Waals surface area contributed by atoms with E-state index in [1.807, 2.05) is 29.7 Å². The molecule has 2 aromatic rings. The molecule has 1 aromatic heterocycles. The van der Waals surface area contributed by atoms with Gasteiger partial charge in [-0.3, -0.25) is 9.69 Å². The van der Waals surface area contributed by atoms with Crippen LogP contribution in [0.2, 0.25) is 0 Å². The molecule has 2 aliphatic heterocycles. The van der Waals surface area contributed by atoms with E-state index in [1.165, 1.54) is 6.07 Å². The van der Waals surface area contributed by atoms with E-state index in [9.17, 15) is 9.18 Å². The van der Waals surface area contributed by atoms with Crippen LogP contribution in [0.25, 0.3) is 0 Å². The second kappa shape index (κ2) is 7.45. The summed E-state index contributed by atoms with van der Waals surface area (Å²) in [6, 6.07) is 6.72. The molecule has 4 rings (SSSR count). The summed E-state index contributed by atoms with van der Waals surface area (Å²) in [4.78, 5) is 17.3. The first-order chi connectivity index (χ1) is 12.6. The Morgan fingerprint density at radius 3 is 2.85 bits per heavy atom. The molecule has 0 atom stereocenters. The van der Waals surface area contributed by atoms with Gasteiger partial charge in [0.05, 0.1) is 5.56 Å². The fourth-order valence-electron chi connectivity index (χ4n) is 3.81. The number of aryl methyl sites for hydroxylation is 1. The third kappa shape index (κ3) is 3.53. The Labute approximate surface area is 157 Å². The Balaban J connectivity index is 1.55. The zero-order chi connectivity index (χ0) is 18.1. The molecule has 1 fully saturated rings. The van der Waals surface area contributed by atoms with Crippen molar-refractivity contribution in [2.24, 2.45) is 0 Å². The summed E-state index contributed by atoms with van der Waals surface area (Å²) in [6.45, 7) is 5.69. The number of furan rings is 1. The Morgan fingerprint density at radius 1 is 1.27 bits per heavy atom. The molecule has 138 valence electrons. The van der Waals surface area contributed by atoms with Crippen molar-refractivity contribution in [2.45, 2.75) is 26.4 Å². The van der Waals surface area contributed by atoms with E-state index in [0.29, 0.717) is 13.1 Å². The van der Waals surface area contributed by atoms with Crippen LogP contribution in [0.15, 0.2) is 28.7 Å². The maximum absolute atomic E-state index is 13.5. The van der Waals surface area contributed by atoms with Crippen LogP contribution in [0.4, 0.5) is 4.39 Å². The molecule has 3 heterocycles. The maximum atomic E-state index is 13.5. The van der Waals surface area contributed by atoms with E-state index >= 15 is 0 Å². The number of hydrogen-bond acceptors (Lipinski definition) is 4. The lowest BCUT2D eigenvalue weighted by Gasteiger charge is -2.29. The Morgan fingerprint density at radius 2 is 2.08 bits per heavy atom. The summed E-state index contributed by atoms with van der Waals surface area (Å²) in [5, 5.41) is 0. The van der Waals surface area contributed by atoms with Gasteiger partial charge in [0.2, 0.25) is 0 Å². The van der Waals surface area contributed by atoms with Gasteiger partial charge in [-0.1, -0.05) is 12.1 Å². The molecule has 0 spiro atoms. The van der Waals surface area contributed by atoms with Crippen molar-refractivity contribution in [1.29, 1.82) is 0 Å². The van der Waals surface area contributed by atoms with Crippen LogP contribution < -0.4 is 0 Å². The SMILES string of the molecule is Cc1oc2c(c1C(=O)N1CCSCC1)CN(Cc1cccc(F)c1)CC2. The molecule has 0 aliphatic carbocycles. The van der Waals surface area contributed by atoms with Gasteiger partial charge in [0, 0.05) is 56.2 Å². The normalized spacial score (nSPS) is 18.0. The highest BCUT2D eigenvalue weighted by Crippen LogP contribution is 2.30. The summed E-state index contributed by atoms with van der Waals surface area (Å²) < 4.78 is 19.4. The minimum absolute atomic E-state index is 0.0976. The molecule has 0 saturated carbocycles. The van der Waals surface area contributed by atoms with Crippen molar-refractivity contribution in [1.82, 2.24) is 9.80 Å². The summed E-state index contributed by atoms with van der Waals surface area (Å²) >= 11 is 1.89. The van der Waals surface area contributed by atoms with E-state index in [4.69, 9.17) is 4.42 Å². The predicted octanol–water partition coefficient (Wildman–Crippen LogP) is 3.47. The molecule has 1 amide bonds. The van der Waals surface area contributed by atoms with Crippen molar-refractivity contribution in [3.63, 3.8) is 0 Å². The summed E-state index contributed by atoms with van der Waals surface area (Å²) in [6.07, 6.45) is 0.786. The first-order valence-corrected chi connectivity index (χ1v) is 10.2. The molecule has 1 saturated heterocycles. The van der Waals surface area contributed by atoms with E-state index in [2.05, 4.69) is 4.90 Å². The van der Waals surface area contributed by atoms with Gasteiger partial charge < -0.3 is 9.32 Å². The highest BCUT2D eigenvalue weighted by molar-refractivity contribution is 7.99. The van der Waals surface area contributed by atoms with Crippen LogP contribution in [0, 0.1) is 12.7 Å². The lowest BCUT2D eigenvalue weighted by molar-refractivity contribution is 0.0768. The third-order valence-corrected chi connectivity index (χ3v) is 6.05. The standard InChI is InChI=1S/C20H23FN2O2S/c1-14-19(20(24)23-7-9-26-10-8-23)17-13-22(6-5-18(17)25-14)12-15-3-2-4-16(21)11-15/h2-4,11H,5-10,12-13H2,1H3. The Hall–Kier alpha value is -1.79. The van der Waals surface area contributed by atoms with Crippen molar-refractivity contribution >= 4 is 17.7 Å². The van der Waals surface area contributed by atoms with E-state index < -0.39 is 0 Å². The van der Waals surface area contributed by atoms with Crippen molar-refractivity contribution < 1.29 is 13.6 Å². The second-order valence-corrected chi connectivity index (χ2v) is 8.15. The van der Waals surface area contributed by atoms with E-state index in [0.717, 1.165) is 65.8 Å². The predicted molar refractivity (Wildman–Crippen MR) is 101 cm³/mol. The van der Waals surface area contributed by atoms with E-state index in [1.54, 1.807) is 12.1 Å². The summed E-state index contributed by atoms with van der Waals surface area (Å²) in [5.74, 6) is 3.55. The zero-order valence-electron chi connectivity index (χ0n) is 15.0. The number of halogens is 1. The Bertz CT molecular complexity index is 814. The average molecular weight is 374 g/mol. The molecule has 0 bridgehead atoms. The smallest absolute Gasteiger partial charge is 0.257 e. The molecule has 6 heteroatoms. The van der Waals surface area contributed by atoms with Crippen LogP contribution in [0.1, 0.15) is 33.0 Å². The minimum Gasteiger partial charge on any atom is -0.465 e. The average Bonchev–Trinajstić information content (AvgIpc) is 2.97. The summed E-state index contributed by atoms with van der Waals surface area (Å²) in [5.41, 5.74) is 2.72. The highest BCUT2D eigenvalue weighted by atomic mass is 32.2. The minimum atomic E-state index is -0.210. The monoisotopic (exact) mass is 374 g/mol. The fraction of sp³-hybridized carbons (Fsp3) is 0.450. The van der Waals surface area contributed by atoms with Gasteiger partial charge in [-0.2, -0.15) is 11.8 Å².